The van der Waals surface area contributed by atoms with E-state index in [1.165, 1.54) is 49.9 Å². The van der Waals surface area contributed by atoms with Gasteiger partial charge in [0.2, 0.25) is 5.88 Å². The number of ether oxygens (including phenoxy) is 1. The average molecular weight is 921 g/mol. The number of para-hydroxylation sites is 2. The van der Waals surface area contributed by atoms with Gasteiger partial charge < -0.3 is 4.74 Å². The van der Waals surface area contributed by atoms with Crippen LogP contribution in [0.25, 0.3) is 102 Å². The van der Waals surface area contributed by atoms with E-state index in [1.807, 2.05) is 104 Å². The Labute approximate surface area is 406 Å². The van der Waals surface area contributed by atoms with Crippen molar-refractivity contribution in [2.45, 2.75) is 52.4 Å². The topological polar surface area (TPSA) is 86.6 Å². The maximum atomic E-state index is 14.2. The summed E-state index contributed by atoms with van der Waals surface area (Å²) in [6.07, 6.45) is 14.6. The van der Waals surface area contributed by atoms with Gasteiger partial charge >= 0.3 is 0 Å². The molecule has 0 fully saturated rings. The Bertz CT molecular complexity index is 3530. The summed E-state index contributed by atoms with van der Waals surface area (Å²) in [7, 11) is 0. The summed E-state index contributed by atoms with van der Waals surface area (Å²) in [5.41, 5.74) is 14.9. The van der Waals surface area contributed by atoms with Gasteiger partial charge in [-0.05, 0) is 143 Å². The molecule has 10 rings (SSSR count). The molecule has 0 aliphatic rings. The summed E-state index contributed by atoms with van der Waals surface area (Å²) in [5.74, 6) is -0.196. The Kier molecular flexibility index (Phi) is 13.6. The molecular formula is C61H50F2N6O. The molecule has 0 aliphatic heterocycles. The zero-order valence-corrected chi connectivity index (χ0v) is 39.1. The van der Waals surface area contributed by atoms with Gasteiger partial charge in [0, 0.05) is 0 Å². The molecule has 0 unspecified atom stereocenters. The van der Waals surface area contributed by atoms with Crippen molar-refractivity contribution in [2.75, 3.05) is 6.61 Å². The molecule has 3 heterocycles. The molecule has 7 aromatic carbocycles. The van der Waals surface area contributed by atoms with E-state index < -0.39 is 0 Å². The minimum atomic E-state index is -0.336. The molecule has 0 bridgehead atoms. The summed E-state index contributed by atoms with van der Waals surface area (Å²) in [6, 6.07) is 49.3. The van der Waals surface area contributed by atoms with Crippen molar-refractivity contribution in [3.8, 4) is 50.4 Å². The zero-order chi connectivity index (χ0) is 47.8. The second-order valence-corrected chi connectivity index (χ2v) is 17.4. The van der Waals surface area contributed by atoms with Gasteiger partial charge in [-0.15, -0.1) is 0 Å². The predicted octanol–water partition coefficient (Wildman–Crippen LogP) is 15.9. The second-order valence-electron chi connectivity index (χ2n) is 17.4. The number of halogens is 2. The third kappa shape index (κ3) is 10.2. The Morgan fingerprint density at radius 1 is 0.386 bits per heavy atom. The van der Waals surface area contributed by atoms with Crippen molar-refractivity contribution < 1.29 is 13.5 Å². The van der Waals surface area contributed by atoms with Crippen molar-refractivity contribution in [2.24, 2.45) is 0 Å². The van der Waals surface area contributed by atoms with Crippen LogP contribution in [0.4, 0.5) is 8.78 Å². The van der Waals surface area contributed by atoms with Gasteiger partial charge in [-0.3, -0.25) is 0 Å². The highest BCUT2D eigenvalue weighted by Crippen LogP contribution is 2.38. The zero-order valence-electron chi connectivity index (χ0n) is 39.1. The van der Waals surface area contributed by atoms with Gasteiger partial charge in [0.15, 0.2) is 0 Å². The largest absolute Gasteiger partial charge is 0.476 e. The summed E-state index contributed by atoms with van der Waals surface area (Å²) >= 11 is 0. The highest BCUT2D eigenvalue weighted by atomic mass is 19.1. The van der Waals surface area contributed by atoms with Crippen molar-refractivity contribution in [1.29, 1.82) is 0 Å². The standard InChI is InChI=1S/C61H50F2N6O/c1-3-4-5-6-7-16-35-70-61-56(66-52-21-14-15-22-53(52)69-61)34-33-55-54(67-59-37-47(41-17-10-8-11-18-41)48(38-60(59)68-55)42-19-12-9-13-20-42)32-31-51-40(2)64-57-36-49(43-23-27-45(62)28-24-43)50(39-58(57)65-51)44-25-29-46(63)30-26-44/h8-15,17-34,36-39H,3-7,16,35H2,1-2H3/b32-31+,34-33+. The van der Waals surface area contributed by atoms with Crippen LogP contribution in [0.3, 0.4) is 0 Å². The molecule has 0 N–H and O–H groups in total. The fraction of sp³-hybridized carbons (Fsp3) is 0.148. The third-order valence-electron chi connectivity index (χ3n) is 12.5. The molecule has 7 nitrogen and oxygen atoms in total. The van der Waals surface area contributed by atoms with E-state index in [2.05, 4.69) is 43.3 Å². The molecule has 3 aromatic heterocycles. The number of nitrogens with zero attached hydrogens (tertiary/aromatic N) is 6. The van der Waals surface area contributed by atoms with Gasteiger partial charge in [0.1, 0.15) is 17.3 Å². The average Bonchev–Trinajstić information content (AvgIpc) is 3.39. The first-order chi connectivity index (χ1) is 34.4. The number of hydrogen-bond donors (Lipinski definition) is 0. The predicted molar refractivity (Wildman–Crippen MR) is 282 cm³/mol. The Morgan fingerprint density at radius 2 is 0.771 bits per heavy atom. The lowest BCUT2D eigenvalue weighted by atomic mass is 9.93. The molecule has 70 heavy (non-hydrogen) atoms. The molecule has 9 heteroatoms. The smallest absolute Gasteiger partial charge is 0.240 e. The lowest BCUT2D eigenvalue weighted by Gasteiger charge is -2.14. The quantitative estimate of drug-likeness (QED) is 0.0892. The minimum absolute atomic E-state index is 0.330. The summed E-state index contributed by atoms with van der Waals surface area (Å²) in [6.45, 7) is 4.69. The van der Waals surface area contributed by atoms with Gasteiger partial charge in [-0.2, -0.15) is 0 Å². The van der Waals surface area contributed by atoms with E-state index in [0.717, 1.165) is 79.4 Å². The lowest BCUT2D eigenvalue weighted by molar-refractivity contribution is 0.292. The van der Waals surface area contributed by atoms with Crippen molar-refractivity contribution in [1.82, 2.24) is 29.9 Å². The molecule has 0 aliphatic carbocycles. The van der Waals surface area contributed by atoms with Crippen LogP contribution < -0.4 is 4.74 Å². The lowest BCUT2D eigenvalue weighted by Crippen LogP contribution is -2.03. The van der Waals surface area contributed by atoms with Crippen LogP contribution in [-0.4, -0.2) is 36.5 Å². The van der Waals surface area contributed by atoms with E-state index in [0.29, 0.717) is 52.0 Å². The normalized spacial score (nSPS) is 11.7. The maximum absolute atomic E-state index is 14.2. The fourth-order valence-corrected chi connectivity index (χ4v) is 8.77. The van der Waals surface area contributed by atoms with E-state index in [-0.39, 0.29) is 11.6 Å². The van der Waals surface area contributed by atoms with Crippen LogP contribution in [0.15, 0.2) is 158 Å². The van der Waals surface area contributed by atoms with Gasteiger partial charge in [-0.25, -0.2) is 38.7 Å². The van der Waals surface area contributed by atoms with Crippen LogP contribution in [0.5, 0.6) is 5.88 Å². The second kappa shape index (κ2) is 20.9. The first kappa shape index (κ1) is 45.5. The van der Waals surface area contributed by atoms with Gasteiger partial charge in [0.05, 0.1) is 62.5 Å². The maximum Gasteiger partial charge on any atom is 0.240 e. The van der Waals surface area contributed by atoms with E-state index >= 15 is 0 Å². The van der Waals surface area contributed by atoms with Crippen LogP contribution >= 0.6 is 0 Å². The first-order valence-corrected chi connectivity index (χ1v) is 23.9. The molecule has 0 amide bonds. The SMILES string of the molecule is CCCCCCCCOc1nc2ccccc2nc1/C=C/c1nc2cc(-c3ccccc3)c(-c3ccccc3)cc2nc1/C=C/c1nc2cc(-c3ccc(F)cc3)c(-c3ccc(F)cc3)cc2nc1C. The third-order valence-corrected chi connectivity index (χ3v) is 12.5. The molecule has 0 atom stereocenters. The van der Waals surface area contributed by atoms with E-state index in [1.54, 1.807) is 24.3 Å². The summed E-state index contributed by atoms with van der Waals surface area (Å²) in [5, 5.41) is 0. The molecule has 0 saturated heterocycles. The number of rotatable bonds is 16. The molecule has 10 aromatic rings. The van der Waals surface area contributed by atoms with Crippen LogP contribution in [0.2, 0.25) is 0 Å². The number of benzene rings is 7. The van der Waals surface area contributed by atoms with Gasteiger partial charge in [-0.1, -0.05) is 136 Å². The van der Waals surface area contributed by atoms with E-state index in [4.69, 9.17) is 34.6 Å². The molecule has 344 valence electrons. The monoisotopic (exact) mass is 920 g/mol. The first-order valence-electron chi connectivity index (χ1n) is 23.9. The van der Waals surface area contributed by atoms with Crippen LogP contribution in [0.1, 0.15) is 73.9 Å². The number of hydrogen-bond acceptors (Lipinski definition) is 7. The van der Waals surface area contributed by atoms with Crippen molar-refractivity contribution in [3.63, 3.8) is 0 Å². The van der Waals surface area contributed by atoms with Crippen molar-refractivity contribution >= 4 is 57.4 Å². The fourth-order valence-electron chi connectivity index (χ4n) is 8.77. The number of unbranched alkanes of at least 4 members (excludes halogenated alkanes) is 5. The minimum Gasteiger partial charge on any atom is -0.476 e. The Balaban J connectivity index is 1.09. The van der Waals surface area contributed by atoms with Crippen LogP contribution in [-0.2, 0) is 0 Å². The van der Waals surface area contributed by atoms with Gasteiger partial charge in [0.25, 0.3) is 0 Å². The molecule has 0 spiro atoms. The number of fused-ring (bicyclic) bond motifs is 3. The Morgan fingerprint density at radius 3 is 1.29 bits per heavy atom. The molecular weight excluding hydrogens is 871 g/mol. The molecule has 0 radical (unpaired) electrons. The number of aryl methyl sites for hydroxylation is 1. The highest BCUT2D eigenvalue weighted by Gasteiger charge is 2.17. The molecule has 0 saturated carbocycles. The highest BCUT2D eigenvalue weighted by molar-refractivity contribution is 5.96. The van der Waals surface area contributed by atoms with Crippen LogP contribution in [0, 0.1) is 18.6 Å². The van der Waals surface area contributed by atoms with Crippen molar-refractivity contribution in [3.05, 3.63) is 198 Å². The van der Waals surface area contributed by atoms with E-state index in [9.17, 15) is 8.78 Å². The summed E-state index contributed by atoms with van der Waals surface area (Å²) in [4.78, 5) is 30.8. The summed E-state index contributed by atoms with van der Waals surface area (Å²) < 4.78 is 34.6. The number of aromatic nitrogens is 6. The Hall–Kier alpha value is -8.30.